The number of nitrogens with zero attached hydrogens (tertiary/aromatic N) is 2. The zero-order valence-electron chi connectivity index (χ0n) is 36.1. The normalized spacial score (nSPS) is 15.9. The number of aryl methyl sites for hydroxylation is 1. The molecule has 61 heavy (non-hydrogen) atoms. The molecule has 2 aromatic carbocycles. The molecule has 4 aromatic rings. The fourth-order valence-electron chi connectivity index (χ4n) is 7.83. The van der Waals surface area contributed by atoms with E-state index in [2.05, 4.69) is 5.32 Å². The number of aliphatic hydroxyl groups is 1. The number of carbonyl (C=O) groups is 3. The number of nitrogens with one attached hydrogen (secondary N) is 1. The van der Waals surface area contributed by atoms with Gasteiger partial charge in [-0.25, -0.2) is 9.78 Å². The van der Waals surface area contributed by atoms with Gasteiger partial charge in [-0.2, -0.15) is 0 Å². The molecule has 15 heteroatoms. The predicted octanol–water partition coefficient (Wildman–Crippen LogP) is 5.37. The Balaban J connectivity index is 1.13. The molecular formula is C46H59N5O10. The van der Waals surface area contributed by atoms with Crippen LogP contribution in [-0.4, -0.2) is 63.3 Å². The third-order valence-electron chi connectivity index (χ3n) is 11.2. The van der Waals surface area contributed by atoms with Gasteiger partial charge in [0, 0.05) is 29.5 Å². The number of unbranched alkanes of at least 4 members (excludes halogenated alkanes) is 2. The van der Waals surface area contributed by atoms with Crippen LogP contribution in [0, 0.1) is 0 Å². The largest absolute Gasteiger partial charge is 0.494 e. The quantitative estimate of drug-likeness (QED) is 0.0335. The first kappa shape index (κ1) is 45.3. The van der Waals surface area contributed by atoms with Crippen molar-refractivity contribution in [1.29, 1.82) is 0 Å². The summed E-state index contributed by atoms with van der Waals surface area (Å²) in [6, 6.07) is 14.8. The number of ether oxygens (including phenoxy) is 5. The molecule has 0 amide bonds. The Kier molecular flexibility index (Phi) is 14.0. The van der Waals surface area contributed by atoms with Gasteiger partial charge in [0.25, 0.3) is 5.56 Å². The van der Waals surface area contributed by atoms with E-state index in [-0.39, 0.29) is 61.7 Å². The molecule has 15 nitrogen and oxygen atoms in total. The molecule has 0 aliphatic carbocycles. The SMILES string of the molecule is CCc1c2c(nc3ccc(OC(=O)CCCCCOc4ccc(CNC(N)N)cc4)cc13)-c1cc3c(c(=O)n1C2)COC(=O)[C@@]3(CC)OC(=O)CC(C)(C)OCCC(C)(C)O. The second-order valence-electron chi connectivity index (χ2n) is 17.0. The lowest BCUT2D eigenvalue weighted by Crippen LogP contribution is -2.48. The number of aromatic nitrogens is 2. The number of nitrogens with two attached hydrogens (primary N) is 2. The van der Waals surface area contributed by atoms with Gasteiger partial charge >= 0.3 is 17.9 Å². The molecule has 0 bridgehead atoms. The smallest absolute Gasteiger partial charge is 0.355 e. The summed E-state index contributed by atoms with van der Waals surface area (Å²) in [5.74, 6) is -0.608. The predicted molar refractivity (Wildman–Crippen MR) is 228 cm³/mol. The first-order chi connectivity index (χ1) is 28.9. The number of hydrogen-bond acceptors (Lipinski definition) is 14. The Morgan fingerprint density at radius 1 is 0.967 bits per heavy atom. The summed E-state index contributed by atoms with van der Waals surface area (Å²) in [6.45, 7) is 11.8. The molecule has 4 heterocycles. The van der Waals surface area contributed by atoms with E-state index in [0.29, 0.717) is 55.1 Å². The molecule has 0 saturated heterocycles. The Bertz CT molecular complexity index is 2320. The van der Waals surface area contributed by atoms with E-state index in [1.807, 2.05) is 37.3 Å². The van der Waals surface area contributed by atoms with E-state index in [9.17, 15) is 24.3 Å². The third kappa shape index (κ3) is 10.6. The van der Waals surface area contributed by atoms with Crippen molar-refractivity contribution in [3.05, 3.63) is 86.7 Å². The Morgan fingerprint density at radius 3 is 2.39 bits per heavy atom. The molecule has 1 atom stereocenters. The average Bonchev–Trinajstić information content (AvgIpc) is 3.56. The van der Waals surface area contributed by atoms with E-state index in [0.717, 1.165) is 40.7 Å². The first-order valence-corrected chi connectivity index (χ1v) is 21.1. The summed E-state index contributed by atoms with van der Waals surface area (Å²) in [5.41, 5.74) is 12.1. The summed E-state index contributed by atoms with van der Waals surface area (Å²) < 4.78 is 30.7. The molecule has 0 saturated carbocycles. The van der Waals surface area contributed by atoms with Crippen molar-refractivity contribution < 1.29 is 43.2 Å². The van der Waals surface area contributed by atoms with Gasteiger partial charge in [0.1, 0.15) is 24.4 Å². The standard InChI is InChI=1S/C46H59N5O10/c1-7-31-32-22-30(60-38(52)12-10-9-11-20-57-29-15-13-28(14-16-29)25-49-43(47)48)17-18-36(32)50-40-33(31)26-51-37(40)23-35-34(41(51)54)27-58-42(55)46(35,8-2)61-39(53)24-45(5,6)59-21-19-44(3,4)56/h13-18,22-23,43,49,56H,7-12,19-21,24-27,47-48H2,1-6H3/t46-/m0/s1. The lowest BCUT2D eigenvalue weighted by molar-refractivity contribution is -0.192. The number of fused-ring (bicyclic) bond motifs is 5. The zero-order chi connectivity index (χ0) is 44.1. The summed E-state index contributed by atoms with van der Waals surface area (Å²) in [6.07, 6.45) is 2.73. The lowest BCUT2D eigenvalue weighted by Gasteiger charge is -2.36. The lowest BCUT2D eigenvalue weighted by atomic mass is 9.85. The average molecular weight is 842 g/mol. The third-order valence-corrected chi connectivity index (χ3v) is 11.2. The van der Waals surface area contributed by atoms with Crippen LogP contribution in [0.4, 0.5) is 0 Å². The van der Waals surface area contributed by atoms with Crippen molar-refractivity contribution in [1.82, 2.24) is 14.9 Å². The molecule has 2 aliphatic heterocycles. The molecular weight excluding hydrogens is 783 g/mol. The number of benzene rings is 2. The number of carbonyl (C=O) groups excluding carboxylic acids is 3. The van der Waals surface area contributed by atoms with Crippen molar-refractivity contribution >= 4 is 28.8 Å². The molecule has 0 radical (unpaired) electrons. The van der Waals surface area contributed by atoms with Gasteiger partial charge in [-0.1, -0.05) is 26.0 Å². The van der Waals surface area contributed by atoms with Crippen LogP contribution < -0.4 is 31.8 Å². The Hall–Kier alpha value is -5.19. The van der Waals surface area contributed by atoms with Crippen molar-refractivity contribution in [3.63, 3.8) is 0 Å². The van der Waals surface area contributed by atoms with Crippen LogP contribution in [0.15, 0.2) is 53.3 Å². The van der Waals surface area contributed by atoms with Gasteiger partial charge in [0.05, 0.1) is 59.8 Å². The molecule has 328 valence electrons. The fraction of sp³-hybridized carbons (Fsp3) is 0.500. The zero-order valence-corrected chi connectivity index (χ0v) is 36.1. The van der Waals surface area contributed by atoms with Gasteiger partial charge < -0.3 is 44.8 Å². The minimum Gasteiger partial charge on any atom is -0.494 e. The van der Waals surface area contributed by atoms with Crippen molar-refractivity contribution in [2.75, 3.05) is 13.2 Å². The highest BCUT2D eigenvalue weighted by atomic mass is 16.6. The van der Waals surface area contributed by atoms with Crippen molar-refractivity contribution in [2.45, 2.75) is 136 Å². The van der Waals surface area contributed by atoms with Gasteiger partial charge in [-0.15, -0.1) is 0 Å². The van der Waals surface area contributed by atoms with E-state index in [1.54, 1.807) is 57.4 Å². The van der Waals surface area contributed by atoms with Crippen LogP contribution in [0.5, 0.6) is 11.5 Å². The highest BCUT2D eigenvalue weighted by Crippen LogP contribution is 2.43. The number of rotatable bonds is 20. The molecule has 2 aliphatic rings. The molecule has 2 aromatic heterocycles. The highest BCUT2D eigenvalue weighted by Gasteiger charge is 2.51. The van der Waals surface area contributed by atoms with Crippen LogP contribution in [0.1, 0.15) is 114 Å². The molecule has 6 N–H and O–H groups in total. The van der Waals surface area contributed by atoms with Crippen molar-refractivity contribution in [3.8, 4) is 22.9 Å². The van der Waals surface area contributed by atoms with E-state index >= 15 is 0 Å². The minimum absolute atomic E-state index is 0.0300. The number of hydrogen-bond donors (Lipinski definition) is 4. The maximum absolute atomic E-state index is 14.2. The topological polar surface area (TPSA) is 217 Å². The monoisotopic (exact) mass is 841 g/mol. The Labute approximate surface area is 356 Å². The summed E-state index contributed by atoms with van der Waals surface area (Å²) >= 11 is 0. The summed E-state index contributed by atoms with van der Waals surface area (Å²) in [5, 5.41) is 13.8. The highest BCUT2D eigenvalue weighted by molar-refractivity contribution is 5.91. The van der Waals surface area contributed by atoms with E-state index < -0.39 is 35.0 Å². The molecule has 0 unspecified atom stereocenters. The molecule has 6 rings (SSSR count). The maximum atomic E-state index is 14.2. The van der Waals surface area contributed by atoms with Crippen molar-refractivity contribution in [2.24, 2.45) is 11.5 Å². The van der Waals surface area contributed by atoms with Crippen LogP contribution >= 0.6 is 0 Å². The van der Waals surface area contributed by atoms with E-state index in [4.69, 9.17) is 40.1 Å². The second-order valence-corrected chi connectivity index (χ2v) is 17.0. The number of esters is 3. The maximum Gasteiger partial charge on any atom is 0.355 e. The van der Waals surface area contributed by atoms with Gasteiger partial charge in [0.15, 0.2) is 0 Å². The van der Waals surface area contributed by atoms with Gasteiger partial charge in [-0.05, 0) is 114 Å². The molecule has 0 spiro atoms. The van der Waals surface area contributed by atoms with Crippen LogP contribution in [0.25, 0.3) is 22.3 Å². The van der Waals surface area contributed by atoms with Gasteiger partial charge in [-0.3, -0.25) is 19.7 Å². The minimum atomic E-state index is -1.85. The first-order valence-electron chi connectivity index (χ1n) is 21.1. The van der Waals surface area contributed by atoms with Crippen LogP contribution in [0.2, 0.25) is 0 Å². The molecule has 0 fully saturated rings. The summed E-state index contributed by atoms with van der Waals surface area (Å²) in [4.78, 5) is 59.2. The second kappa shape index (κ2) is 18.8. The van der Waals surface area contributed by atoms with Crippen LogP contribution in [0.3, 0.4) is 0 Å². The van der Waals surface area contributed by atoms with E-state index in [1.165, 1.54) is 0 Å². The summed E-state index contributed by atoms with van der Waals surface area (Å²) in [7, 11) is 0. The number of pyridine rings is 2. The Morgan fingerprint density at radius 2 is 1.70 bits per heavy atom. The van der Waals surface area contributed by atoms with Gasteiger partial charge in [0.2, 0.25) is 5.60 Å². The fourth-order valence-corrected chi connectivity index (χ4v) is 7.83. The van der Waals surface area contributed by atoms with Crippen LogP contribution in [-0.2, 0) is 60.3 Å². The number of cyclic esters (lactones) is 1.